The Morgan fingerprint density at radius 3 is 2.32 bits per heavy atom. The Morgan fingerprint density at radius 1 is 1.11 bits per heavy atom. The number of halogens is 2. The molecule has 0 radical (unpaired) electrons. The maximum atomic E-state index is 13.4. The van der Waals surface area contributed by atoms with Crippen molar-refractivity contribution in [2.75, 3.05) is 0 Å². The topological polar surface area (TPSA) is 17.1 Å². The van der Waals surface area contributed by atoms with E-state index < -0.39 is 0 Å². The third-order valence-electron chi connectivity index (χ3n) is 3.14. The molecule has 2 aromatic rings. The van der Waals surface area contributed by atoms with E-state index in [1.165, 1.54) is 6.07 Å². The molecule has 0 amide bonds. The number of Topliss-reactive ketones (excluding diaryl/α,β-unsaturated/α-hetero) is 1. The van der Waals surface area contributed by atoms with Crippen LogP contribution in [0.15, 0.2) is 40.9 Å². The molecule has 0 saturated heterocycles. The molecule has 2 rings (SSSR count). The van der Waals surface area contributed by atoms with Gasteiger partial charge in [0.05, 0.1) is 4.47 Å². The van der Waals surface area contributed by atoms with E-state index in [0.717, 1.165) is 16.7 Å². The van der Waals surface area contributed by atoms with Crippen LogP contribution in [0.3, 0.4) is 0 Å². The van der Waals surface area contributed by atoms with Crippen LogP contribution < -0.4 is 0 Å². The highest BCUT2D eigenvalue weighted by Gasteiger charge is 2.15. The monoisotopic (exact) mass is 320 g/mol. The first-order valence-electron chi connectivity index (χ1n) is 6.03. The molecule has 0 aliphatic heterocycles. The normalized spacial score (nSPS) is 10.5. The fourth-order valence-electron chi connectivity index (χ4n) is 2.20. The molecule has 19 heavy (non-hydrogen) atoms. The maximum absolute atomic E-state index is 13.4. The van der Waals surface area contributed by atoms with E-state index >= 15 is 0 Å². The average molecular weight is 321 g/mol. The van der Waals surface area contributed by atoms with Gasteiger partial charge in [0.15, 0.2) is 5.78 Å². The Balaban J connectivity index is 2.34. The predicted molar refractivity (Wildman–Crippen MR) is 78.1 cm³/mol. The van der Waals surface area contributed by atoms with Crippen LogP contribution >= 0.6 is 15.9 Å². The minimum absolute atomic E-state index is 0.0156. The van der Waals surface area contributed by atoms with Crippen molar-refractivity contribution in [1.29, 1.82) is 0 Å². The van der Waals surface area contributed by atoms with Gasteiger partial charge in [0, 0.05) is 12.0 Å². The summed E-state index contributed by atoms with van der Waals surface area (Å²) in [4.78, 5) is 12.4. The van der Waals surface area contributed by atoms with Crippen molar-refractivity contribution in [2.24, 2.45) is 0 Å². The molecule has 0 saturated carbocycles. The number of carbonyl (C=O) groups excluding carboxylic acids is 1. The van der Waals surface area contributed by atoms with Gasteiger partial charge in [-0.2, -0.15) is 0 Å². The van der Waals surface area contributed by atoms with Crippen LogP contribution in [0.5, 0.6) is 0 Å². The average Bonchev–Trinajstić information content (AvgIpc) is 2.35. The van der Waals surface area contributed by atoms with Crippen molar-refractivity contribution in [3.05, 3.63) is 68.9 Å². The summed E-state index contributed by atoms with van der Waals surface area (Å²) >= 11 is 3.19. The summed E-state index contributed by atoms with van der Waals surface area (Å²) < 4.78 is 13.8. The number of hydrogen-bond donors (Lipinski definition) is 0. The lowest BCUT2D eigenvalue weighted by molar-refractivity contribution is 0.0991. The van der Waals surface area contributed by atoms with E-state index in [0.29, 0.717) is 10.0 Å². The van der Waals surface area contributed by atoms with Gasteiger partial charge in [-0.1, -0.05) is 30.3 Å². The summed E-state index contributed by atoms with van der Waals surface area (Å²) in [5, 5.41) is 0. The van der Waals surface area contributed by atoms with Crippen LogP contribution in [0.2, 0.25) is 0 Å². The van der Waals surface area contributed by atoms with Crippen molar-refractivity contribution in [3.8, 4) is 0 Å². The van der Waals surface area contributed by atoms with Crippen LogP contribution in [0.1, 0.15) is 27.0 Å². The predicted octanol–water partition coefficient (Wildman–Crippen LogP) is 4.63. The van der Waals surface area contributed by atoms with Gasteiger partial charge in [-0.25, -0.2) is 4.39 Å². The lowest BCUT2D eigenvalue weighted by atomic mass is 9.95. The quantitative estimate of drug-likeness (QED) is 0.753. The van der Waals surface area contributed by atoms with E-state index in [4.69, 9.17) is 0 Å². The number of benzene rings is 2. The zero-order chi connectivity index (χ0) is 14.0. The molecule has 0 heterocycles. The summed E-state index contributed by atoms with van der Waals surface area (Å²) in [6.07, 6.45) is 0.198. The van der Waals surface area contributed by atoms with Gasteiger partial charge in [0.1, 0.15) is 5.82 Å². The Bertz CT molecular complexity index is 614. The lowest BCUT2D eigenvalue weighted by Crippen LogP contribution is -2.08. The Hall–Kier alpha value is -1.48. The van der Waals surface area contributed by atoms with Crippen LogP contribution in [0, 0.1) is 19.7 Å². The number of hydrogen-bond acceptors (Lipinski definition) is 1. The lowest BCUT2D eigenvalue weighted by Gasteiger charge is -2.09. The highest BCUT2D eigenvalue weighted by molar-refractivity contribution is 9.10. The van der Waals surface area contributed by atoms with Crippen molar-refractivity contribution >= 4 is 21.7 Å². The minimum atomic E-state index is -0.341. The van der Waals surface area contributed by atoms with Gasteiger partial charge in [0.25, 0.3) is 0 Å². The first kappa shape index (κ1) is 13.9. The second kappa shape index (κ2) is 5.66. The first-order valence-corrected chi connectivity index (χ1v) is 6.82. The smallest absolute Gasteiger partial charge is 0.167 e. The van der Waals surface area contributed by atoms with Crippen LogP contribution in [-0.4, -0.2) is 5.78 Å². The molecular formula is C16H14BrFO. The van der Waals surface area contributed by atoms with E-state index in [2.05, 4.69) is 15.9 Å². The molecule has 0 aromatic heterocycles. The van der Waals surface area contributed by atoms with Gasteiger partial charge in [0.2, 0.25) is 0 Å². The Labute approximate surface area is 120 Å². The van der Waals surface area contributed by atoms with E-state index in [1.807, 2.05) is 32.0 Å². The second-order valence-corrected chi connectivity index (χ2v) is 5.37. The fourth-order valence-corrected chi connectivity index (χ4v) is 2.61. The van der Waals surface area contributed by atoms with Crippen molar-refractivity contribution in [2.45, 2.75) is 20.3 Å². The SMILES string of the molecule is Cc1cccc(C)c1C(=O)Cc1cccc(F)c1Br. The molecule has 3 heteroatoms. The number of carbonyl (C=O) groups is 1. The van der Waals surface area contributed by atoms with Crippen LogP contribution in [0.25, 0.3) is 0 Å². The third-order valence-corrected chi connectivity index (χ3v) is 4.03. The zero-order valence-electron chi connectivity index (χ0n) is 10.8. The summed E-state index contributed by atoms with van der Waals surface area (Å²) in [6.45, 7) is 3.84. The molecule has 0 aliphatic carbocycles. The zero-order valence-corrected chi connectivity index (χ0v) is 12.4. The van der Waals surface area contributed by atoms with Gasteiger partial charge in [-0.05, 0) is 52.5 Å². The third kappa shape index (κ3) is 2.92. The van der Waals surface area contributed by atoms with Crippen LogP contribution in [0.4, 0.5) is 4.39 Å². The largest absolute Gasteiger partial charge is 0.294 e. The molecule has 2 aromatic carbocycles. The Kier molecular flexibility index (Phi) is 4.15. The van der Waals surface area contributed by atoms with E-state index in [1.54, 1.807) is 12.1 Å². The molecule has 0 unspecified atom stereocenters. The highest BCUT2D eigenvalue weighted by Crippen LogP contribution is 2.23. The van der Waals surface area contributed by atoms with Crippen molar-refractivity contribution in [1.82, 2.24) is 0 Å². The van der Waals surface area contributed by atoms with E-state index in [-0.39, 0.29) is 18.0 Å². The highest BCUT2D eigenvalue weighted by atomic mass is 79.9. The molecular weight excluding hydrogens is 307 g/mol. The summed E-state index contributed by atoms with van der Waals surface area (Å²) in [5.74, 6) is -0.325. The van der Waals surface area contributed by atoms with Crippen molar-refractivity contribution < 1.29 is 9.18 Å². The molecule has 0 atom stereocenters. The standard InChI is InChI=1S/C16H14BrFO/c1-10-5-3-6-11(2)15(10)14(19)9-12-7-4-8-13(18)16(12)17/h3-8H,9H2,1-2H3. The molecule has 0 fully saturated rings. The van der Waals surface area contributed by atoms with Gasteiger partial charge in [-0.3, -0.25) is 4.79 Å². The first-order chi connectivity index (χ1) is 9.00. The van der Waals surface area contributed by atoms with E-state index in [9.17, 15) is 9.18 Å². The number of aryl methyl sites for hydroxylation is 2. The number of rotatable bonds is 3. The second-order valence-electron chi connectivity index (χ2n) is 4.58. The summed E-state index contributed by atoms with van der Waals surface area (Å²) in [7, 11) is 0. The summed E-state index contributed by atoms with van der Waals surface area (Å²) in [6, 6.07) is 10.5. The number of ketones is 1. The maximum Gasteiger partial charge on any atom is 0.167 e. The molecule has 1 nitrogen and oxygen atoms in total. The van der Waals surface area contributed by atoms with Crippen molar-refractivity contribution in [3.63, 3.8) is 0 Å². The molecule has 0 bridgehead atoms. The van der Waals surface area contributed by atoms with Gasteiger partial charge >= 0.3 is 0 Å². The molecule has 98 valence electrons. The molecule has 0 spiro atoms. The molecule has 0 aliphatic rings. The minimum Gasteiger partial charge on any atom is -0.294 e. The van der Waals surface area contributed by atoms with Gasteiger partial charge < -0.3 is 0 Å². The van der Waals surface area contributed by atoms with Crippen LogP contribution in [-0.2, 0) is 6.42 Å². The Morgan fingerprint density at radius 2 is 1.68 bits per heavy atom. The fraction of sp³-hybridized carbons (Fsp3) is 0.188. The summed E-state index contributed by atoms with van der Waals surface area (Å²) in [5.41, 5.74) is 3.32. The van der Waals surface area contributed by atoms with Gasteiger partial charge in [-0.15, -0.1) is 0 Å². The molecule has 0 N–H and O–H groups in total.